The number of hydrogen-bond donors (Lipinski definition) is 2. The summed E-state index contributed by atoms with van der Waals surface area (Å²) < 4.78 is 28.5. The molecule has 2 aromatic carbocycles. The van der Waals surface area contributed by atoms with Gasteiger partial charge in [0, 0.05) is 28.9 Å². The van der Waals surface area contributed by atoms with Gasteiger partial charge in [-0.05, 0) is 30.7 Å². The van der Waals surface area contributed by atoms with Crippen LogP contribution < -0.4 is 4.72 Å². The van der Waals surface area contributed by atoms with E-state index in [4.69, 9.17) is 0 Å². The zero-order valence-electron chi connectivity index (χ0n) is 15.5. The van der Waals surface area contributed by atoms with Gasteiger partial charge < -0.3 is 9.67 Å². The van der Waals surface area contributed by atoms with Crippen molar-refractivity contribution in [2.45, 2.75) is 19.8 Å². The highest BCUT2D eigenvalue weighted by atomic mass is 32.2. The lowest BCUT2D eigenvalue weighted by Gasteiger charge is -2.10. The van der Waals surface area contributed by atoms with Gasteiger partial charge in [-0.3, -0.25) is 4.72 Å². The Balaban J connectivity index is 2.04. The van der Waals surface area contributed by atoms with E-state index in [1.165, 1.54) is 6.07 Å². The number of phenolic OH excluding ortho intramolecular Hbond substituents is 1. The summed E-state index contributed by atoms with van der Waals surface area (Å²) in [6, 6.07) is 13.9. The lowest BCUT2D eigenvalue weighted by atomic mass is 10.1. The molecule has 0 unspecified atom stereocenters. The Bertz CT molecular complexity index is 1170. The van der Waals surface area contributed by atoms with E-state index in [-0.39, 0.29) is 11.5 Å². The van der Waals surface area contributed by atoms with Gasteiger partial charge in [0.25, 0.3) is 0 Å². The van der Waals surface area contributed by atoms with Crippen molar-refractivity contribution in [3.05, 3.63) is 54.6 Å². The van der Waals surface area contributed by atoms with Crippen LogP contribution in [-0.2, 0) is 10.0 Å². The molecule has 28 heavy (non-hydrogen) atoms. The molecule has 0 atom stereocenters. The first kappa shape index (κ1) is 19.5. The summed E-state index contributed by atoms with van der Waals surface area (Å²) in [7, 11) is -3.38. The molecule has 2 N–H and O–H groups in total. The van der Waals surface area contributed by atoms with Crippen LogP contribution in [0, 0.1) is 11.3 Å². The minimum Gasteiger partial charge on any atom is -0.508 e. The number of phenols is 1. The third kappa shape index (κ3) is 3.73. The predicted octanol–water partition coefficient (Wildman–Crippen LogP) is 4.53. The van der Waals surface area contributed by atoms with Gasteiger partial charge in [0.05, 0.1) is 22.5 Å². The average molecular weight is 395 g/mol. The molecule has 0 radical (unpaired) electrons. The maximum atomic E-state index is 12.1. The van der Waals surface area contributed by atoms with Gasteiger partial charge >= 0.3 is 0 Å². The van der Waals surface area contributed by atoms with E-state index in [0.29, 0.717) is 34.3 Å². The zero-order valence-corrected chi connectivity index (χ0v) is 16.3. The van der Waals surface area contributed by atoms with Crippen LogP contribution in [0.5, 0.6) is 5.75 Å². The highest BCUT2D eigenvalue weighted by molar-refractivity contribution is 7.92. The molecule has 0 aliphatic heterocycles. The van der Waals surface area contributed by atoms with Gasteiger partial charge in [0.15, 0.2) is 0 Å². The molecule has 0 saturated heterocycles. The Kier molecular flexibility index (Phi) is 5.43. The molecule has 0 aliphatic carbocycles. The van der Waals surface area contributed by atoms with Gasteiger partial charge in [0.1, 0.15) is 11.8 Å². The normalized spacial score (nSPS) is 11.3. The van der Waals surface area contributed by atoms with E-state index in [1.54, 1.807) is 47.2 Å². The molecule has 0 saturated carbocycles. The fourth-order valence-corrected chi connectivity index (χ4v) is 4.41. The first-order valence-corrected chi connectivity index (χ1v) is 10.6. The largest absolute Gasteiger partial charge is 0.508 e. The number of rotatable bonds is 7. The Labute approximate surface area is 164 Å². The van der Waals surface area contributed by atoms with E-state index in [1.807, 2.05) is 6.92 Å². The number of sulfonamides is 1. The maximum Gasteiger partial charge on any atom is 0.232 e. The molecule has 1 aromatic heterocycles. The summed E-state index contributed by atoms with van der Waals surface area (Å²) >= 11 is 0. The first-order valence-electron chi connectivity index (χ1n) is 8.90. The predicted molar refractivity (Wildman–Crippen MR) is 112 cm³/mol. The molecule has 0 fully saturated rings. The summed E-state index contributed by atoms with van der Waals surface area (Å²) in [5, 5.41) is 20.2. The van der Waals surface area contributed by atoms with Crippen LogP contribution in [0.4, 0.5) is 5.69 Å². The van der Waals surface area contributed by atoms with Crippen molar-refractivity contribution in [1.82, 2.24) is 4.57 Å². The lowest BCUT2D eigenvalue weighted by molar-refractivity contribution is 0.476. The third-order valence-electron chi connectivity index (χ3n) is 4.48. The summed E-state index contributed by atoms with van der Waals surface area (Å²) in [6.45, 7) is 5.76. The number of nitrogens with one attached hydrogen (secondary N) is 1. The minimum atomic E-state index is -3.38. The van der Waals surface area contributed by atoms with E-state index in [9.17, 15) is 18.8 Å². The van der Waals surface area contributed by atoms with Gasteiger partial charge in [-0.15, -0.1) is 0 Å². The minimum absolute atomic E-state index is 0.0814. The van der Waals surface area contributed by atoms with Crippen LogP contribution in [0.15, 0.2) is 49.0 Å². The second kappa shape index (κ2) is 7.79. The molecule has 0 spiro atoms. The number of aromatic hydroxyl groups is 1. The standard InChI is InChI=1S/C21H21N3O3S/c1-3-5-12-28(26,27)23-16-8-6-15(7-9-16)21-19(14-22)18-11-10-17(25)13-20(18)24(21)4-2/h4,6-11,13,23,25H,2-3,5,12H2,1H3. The molecule has 0 bridgehead atoms. The molecule has 144 valence electrons. The monoisotopic (exact) mass is 395 g/mol. The number of nitriles is 1. The van der Waals surface area contributed by atoms with Crippen molar-refractivity contribution >= 4 is 32.8 Å². The SMILES string of the molecule is C=Cn1c(-c2ccc(NS(=O)(=O)CCCC)cc2)c(C#N)c2ccc(O)cc21. The number of nitrogens with zero attached hydrogens (tertiary/aromatic N) is 2. The van der Waals surface area contributed by atoms with Crippen molar-refractivity contribution < 1.29 is 13.5 Å². The van der Waals surface area contributed by atoms with Crippen LogP contribution in [0.25, 0.3) is 28.4 Å². The summed E-state index contributed by atoms with van der Waals surface area (Å²) in [6.07, 6.45) is 2.99. The van der Waals surface area contributed by atoms with E-state index in [0.717, 1.165) is 12.0 Å². The molecule has 0 amide bonds. The van der Waals surface area contributed by atoms with Crippen LogP contribution >= 0.6 is 0 Å². The smallest absolute Gasteiger partial charge is 0.232 e. The summed E-state index contributed by atoms with van der Waals surface area (Å²) in [5.41, 5.74) is 2.98. The highest BCUT2D eigenvalue weighted by Crippen LogP contribution is 2.35. The highest BCUT2D eigenvalue weighted by Gasteiger charge is 2.18. The van der Waals surface area contributed by atoms with Crippen LogP contribution in [0.1, 0.15) is 25.3 Å². The molecule has 0 aliphatic rings. The van der Waals surface area contributed by atoms with Crippen molar-refractivity contribution in [2.75, 3.05) is 10.5 Å². The topological polar surface area (TPSA) is 95.1 Å². The maximum absolute atomic E-state index is 12.1. The van der Waals surface area contributed by atoms with Crippen molar-refractivity contribution in [3.8, 4) is 23.1 Å². The van der Waals surface area contributed by atoms with Gasteiger partial charge in [0.2, 0.25) is 10.0 Å². The van der Waals surface area contributed by atoms with Crippen LogP contribution in [0.2, 0.25) is 0 Å². The fraction of sp³-hybridized carbons (Fsp3) is 0.190. The Morgan fingerprint density at radius 2 is 1.96 bits per heavy atom. The molecule has 6 nitrogen and oxygen atoms in total. The summed E-state index contributed by atoms with van der Waals surface area (Å²) in [5.74, 6) is 0.180. The Morgan fingerprint density at radius 1 is 1.25 bits per heavy atom. The Hall–Kier alpha value is -3.24. The number of unbranched alkanes of at least 4 members (excludes halogenated alkanes) is 1. The molecule has 3 rings (SSSR count). The zero-order chi connectivity index (χ0) is 20.3. The van der Waals surface area contributed by atoms with Crippen LogP contribution in [-0.4, -0.2) is 23.8 Å². The molecule has 3 aromatic rings. The first-order chi connectivity index (χ1) is 13.4. The molecule has 7 heteroatoms. The number of fused-ring (bicyclic) bond motifs is 1. The molecular formula is C21H21N3O3S. The fourth-order valence-electron chi connectivity index (χ4n) is 3.15. The van der Waals surface area contributed by atoms with E-state index < -0.39 is 10.0 Å². The number of benzene rings is 2. The molecular weight excluding hydrogens is 374 g/mol. The van der Waals surface area contributed by atoms with Gasteiger partial charge in [-0.25, -0.2) is 8.42 Å². The van der Waals surface area contributed by atoms with E-state index in [2.05, 4.69) is 17.4 Å². The Morgan fingerprint density at radius 3 is 2.57 bits per heavy atom. The second-order valence-electron chi connectivity index (χ2n) is 6.44. The number of aromatic nitrogens is 1. The quantitative estimate of drug-likeness (QED) is 0.614. The van der Waals surface area contributed by atoms with Crippen molar-refractivity contribution in [2.24, 2.45) is 0 Å². The lowest BCUT2D eigenvalue weighted by Crippen LogP contribution is -2.16. The average Bonchev–Trinajstić information content (AvgIpc) is 2.99. The van der Waals surface area contributed by atoms with Crippen molar-refractivity contribution in [3.63, 3.8) is 0 Å². The number of hydrogen-bond acceptors (Lipinski definition) is 4. The molecule has 1 heterocycles. The third-order valence-corrected chi connectivity index (χ3v) is 5.85. The van der Waals surface area contributed by atoms with Gasteiger partial charge in [-0.1, -0.05) is 32.1 Å². The second-order valence-corrected chi connectivity index (χ2v) is 8.28. The van der Waals surface area contributed by atoms with Crippen molar-refractivity contribution in [1.29, 1.82) is 5.26 Å². The van der Waals surface area contributed by atoms with Crippen LogP contribution in [0.3, 0.4) is 0 Å². The van der Waals surface area contributed by atoms with E-state index >= 15 is 0 Å². The number of anilines is 1. The summed E-state index contributed by atoms with van der Waals surface area (Å²) in [4.78, 5) is 0. The van der Waals surface area contributed by atoms with Gasteiger partial charge in [-0.2, -0.15) is 5.26 Å².